The van der Waals surface area contributed by atoms with Crippen molar-refractivity contribution < 1.29 is 0 Å². The number of aromatic amines is 1. The molecule has 0 aromatic carbocycles. The average molecular weight is 221 g/mol. The quantitative estimate of drug-likeness (QED) is 0.819. The fourth-order valence-corrected chi connectivity index (χ4v) is 2.00. The Morgan fingerprint density at radius 2 is 2.47 bits per heavy atom. The molecule has 2 aromatic rings. The number of thiophene rings is 1. The van der Waals surface area contributed by atoms with Gasteiger partial charge in [0.25, 0.3) is 5.56 Å². The first-order valence-electron chi connectivity index (χ1n) is 4.58. The van der Waals surface area contributed by atoms with Crippen LogP contribution in [0, 0.1) is 0 Å². The Kier molecular flexibility index (Phi) is 2.94. The highest BCUT2D eigenvalue weighted by atomic mass is 32.1. The summed E-state index contributed by atoms with van der Waals surface area (Å²) < 4.78 is 0. The number of hydrogen-bond donors (Lipinski definition) is 2. The van der Waals surface area contributed by atoms with E-state index in [0.717, 1.165) is 10.6 Å². The van der Waals surface area contributed by atoms with Gasteiger partial charge >= 0.3 is 0 Å². The number of nitrogens with one attached hydrogen (secondary N) is 2. The molecule has 2 heterocycles. The summed E-state index contributed by atoms with van der Waals surface area (Å²) in [6.45, 7) is 0.552. The number of aromatic nitrogens is 2. The Balaban J connectivity index is 2.43. The Morgan fingerprint density at radius 3 is 3.13 bits per heavy atom. The van der Waals surface area contributed by atoms with Crippen molar-refractivity contribution in [3.63, 3.8) is 0 Å². The molecule has 0 amide bonds. The van der Waals surface area contributed by atoms with Crippen LogP contribution in [0.15, 0.2) is 28.4 Å². The maximum absolute atomic E-state index is 11.4. The molecule has 0 aliphatic carbocycles. The average Bonchev–Trinajstić information content (AvgIpc) is 2.75. The molecule has 78 valence electrons. The van der Waals surface area contributed by atoms with Crippen LogP contribution in [-0.2, 0) is 6.54 Å². The van der Waals surface area contributed by atoms with Gasteiger partial charge in [-0.1, -0.05) is 6.07 Å². The highest BCUT2D eigenvalue weighted by Crippen LogP contribution is 2.21. The first-order valence-corrected chi connectivity index (χ1v) is 5.46. The highest BCUT2D eigenvalue weighted by molar-refractivity contribution is 7.13. The normalized spacial score (nSPS) is 10.5. The van der Waals surface area contributed by atoms with Crippen LogP contribution in [0.3, 0.4) is 0 Å². The zero-order valence-corrected chi connectivity index (χ0v) is 9.10. The molecule has 0 spiro atoms. The van der Waals surface area contributed by atoms with Gasteiger partial charge in [-0.2, -0.15) is 5.10 Å². The predicted molar refractivity (Wildman–Crippen MR) is 60.9 cm³/mol. The number of rotatable bonds is 3. The molecule has 2 N–H and O–H groups in total. The van der Waals surface area contributed by atoms with Gasteiger partial charge in [0.1, 0.15) is 5.69 Å². The van der Waals surface area contributed by atoms with E-state index in [0.29, 0.717) is 12.1 Å². The van der Waals surface area contributed by atoms with Crippen molar-refractivity contribution in [3.05, 3.63) is 39.5 Å². The van der Waals surface area contributed by atoms with Crippen LogP contribution in [0.5, 0.6) is 0 Å². The molecule has 0 unspecified atom stereocenters. The van der Waals surface area contributed by atoms with Crippen LogP contribution in [0.1, 0.15) is 5.56 Å². The third-order valence-corrected chi connectivity index (χ3v) is 2.91. The maximum Gasteiger partial charge on any atom is 0.268 e. The second kappa shape index (κ2) is 4.37. The predicted octanol–water partition coefficient (Wildman–Crippen LogP) is 1.22. The smallest absolute Gasteiger partial charge is 0.268 e. The molecule has 0 aliphatic heterocycles. The Bertz CT molecular complexity index is 490. The lowest BCUT2D eigenvalue weighted by Gasteiger charge is -2.00. The van der Waals surface area contributed by atoms with Crippen LogP contribution < -0.4 is 10.9 Å². The van der Waals surface area contributed by atoms with Crippen LogP contribution in [0.2, 0.25) is 0 Å². The van der Waals surface area contributed by atoms with E-state index in [2.05, 4.69) is 15.5 Å². The Morgan fingerprint density at radius 1 is 1.60 bits per heavy atom. The van der Waals surface area contributed by atoms with E-state index in [1.165, 1.54) is 0 Å². The molecule has 0 bridgehead atoms. The number of nitrogens with zero attached hydrogens (tertiary/aromatic N) is 1. The third kappa shape index (κ3) is 2.14. The first kappa shape index (κ1) is 10.1. The van der Waals surface area contributed by atoms with Gasteiger partial charge in [-0.3, -0.25) is 4.79 Å². The number of H-pyrrole nitrogens is 1. The summed E-state index contributed by atoms with van der Waals surface area (Å²) in [5.41, 5.74) is 1.38. The van der Waals surface area contributed by atoms with Gasteiger partial charge in [-0.05, 0) is 24.6 Å². The van der Waals surface area contributed by atoms with Crippen molar-refractivity contribution in [2.75, 3.05) is 7.05 Å². The summed E-state index contributed by atoms with van der Waals surface area (Å²) in [5.74, 6) is 0. The van der Waals surface area contributed by atoms with Gasteiger partial charge in [0, 0.05) is 12.1 Å². The molecular weight excluding hydrogens is 210 g/mol. The van der Waals surface area contributed by atoms with Crippen molar-refractivity contribution in [3.8, 4) is 10.6 Å². The van der Waals surface area contributed by atoms with Gasteiger partial charge in [-0.25, -0.2) is 5.10 Å². The number of hydrogen-bond acceptors (Lipinski definition) is 4. The lowest BCUT2D eigenvalue weighted by molar-refractivity contribution is 0.794. The summed E-state index contributed by atoms with van der Waals surface area (Å²) in [6.07, 6.45) is 0. The molecule has 2 aromatic heterocycles. The molecule has 2 rings (SSSR count). The molecule has 0 radical (unpaired) electrons. The van der Waals surface area contributed by atoms with Crippen molar-refractivity contribution >= 4 is 11.3 Å². The van der Waals surface area contributed by atoms with Crippen LogP contribution in [-0.4, -0.2) is 17.2 Å². The maximum atomic E-state index is 11.4. The Hall–Kier alpha value is -1.46. The van der Waals surface area contributed by atoms with E-state index in [9.17, 15) is 4.79 Å². The minimum Gasteiger partial charge on any atom is -0.315 e. The topological polar surface area (TPSA) is 57.8 Å². The van der Waals surface area contributed by atoms with E-state index in [4.69, 9.17) is 0 Å². The minimum absolute atomic E-state index is 0.135. The van der Waals surface area contributed by atoms with Crippen molar-refractivity contribution in [1.29, 1.82) is 0 Å². The third-order valence-electron chi connectivity index (χ3n) is 2.02. The lowest BCUT2D eigenvalue weighted by atomic mass is 10.2. The van der Waals surface area contributed by atoms with Crippen LogP contribution in [0.25, 0.3) is 10.6 Å². The summed E-state index contributed by atoms with van der Waals surface area (Å²) in [5, 5.41) is 11.5. The van der Waals surface area contributed by atoms with Crippen molar-refractivity contribution in [2.45, 2.75) is 6.54 Å². The second-order valence-corrected chi connectivity index (χ2v) is 4.06. The summed E-state index contributed by atoms with van der Waals surface area (Å²) in [7, 11) is 1.81. The van der Waals surface area contributed by atoms with Gasteiger partial charge < -0.3 is 5.32 Å². The van der Waals surface area contributed by atoms with Crippen molar-refractivity contribution in [1.82, 2.24) is 15.5 Å². The summed E-state index contributed by atoms with van der Waals surface area (Å²) in [4.78, 5) is 12.4. The fourth-order valence-electron chi connectivity index (χ4n) is 1.32. The van der Waals surface area contributed by atoms with E-state index >= 15 is 0 Å². The zero-order valence-electron chi connectivity index (χ0n) is 8.28. The SMILES string of the molecule is CNCc1cc(-c2cccs2)n[nH]c1=O. The van der Waals surface area contributed by atoms with E-state index in [1.54, 1.807) is 11.3 Å². The minimum atomic E-state index is -0.135. The standard InChI is InChI=1S/C10H11N3OS/c1-11-6-7-5-8(12-13-10(7)14)9-3-2-4-15-9/h2-5,11H,6H2,1H3,(H,13,14). The zero-order chi connectivity index (χ0) is 10.7. The molecule has 4 nitrogen and oxygen atoms in total. The van der Waals surface area contributed by atoms with Gasteiger partial charge in [-0.15, -0.1) is 11.3 Å². The lowest BCUT2D eigenvalue weighted by Crippen LogP contribution is -2.19. The molecular formula is C10H11N3OS. The molecule has 0 saturated carbocycles. The molecule has 0 aliphatic rings. The molecule has 0 fully saturated rings. The first-order chi connectivity index (χ1) is 7.31. The molecule has 0 atom stereocenters. The highest BCUT2D eigenvalue weighted by Gasteiger charge is 2.04. The van der Waals surface area contributed by atoms with E-state index in [-0.39, 0.29) is 5.56 Å². The van der Waals surface area contributed by atoms with E-state index in [1.807, 2.05) is 30.6 Å². The molecule has 5 heteroatoms. The van der Waals surface area contributed by atoms with Gasteiger partial charge in [0.15, 0.2) is 0 Å². The Labute approximate surface area is 91.0 Å². The fraction of sp³-hybridized carbons (Fsp3) is 0.200. The van der Waals surface area contributed by atoms with Crippen molar-refractivity contribution in [2.24, 2.45) is 0 Å². The largest absolute Gasteiger partial charge is 0.315 e. The molecule has 15 heavy (non-hydrogen) atoms. The summed E-state index contributed by atoms with van der Waals surface area (Å²) in [6, 6.07) is 5.76. The van der Waals surface area contributed by atoms with Crippen LogP contribution >= 0.6 is 11.3 Å². The second-order valence-electron chi connectivity index (χ2n) is 3.12. The van der Waals surface area contributed by atoms with Gasteiger partial charge in [0.05, 0.1) is 4.88 Å². The van der Waals surface area contributed by atoms with Gasteiger partial charge in [0.2, 0.25) is 0 Å². The monoisotopic (exact) mass is 221 g/mol. The summed E-state index contributed by atoms with van der Waals surface area (Å²) >= 11 is 1.60. The van der Waals surface area contributed by atoms with E-state index < -0.39 is 0 Å². The van der Waals surface area contributed by atoms with Crippen LogP contribution in [0.4, 0.5) is 0 Å². The molecule has 0 saturated heterocycles.